The average Bonchev–Trinajstić information content (AvgIpc) is 3.17. The highest BCUT2D eigenvalue weighted by atomic mass is 32.1. The number of ketones is 1. The Kier molecular flexibility index (Phi) is 4.61. The van der Waals surface area contributed by atoms with Crippen molar-refractivity contribution in [2.75, 3.05) is 5.32 Å². The molecule has 2 aromatic heterocycles. The number of carbonyl (C=O) groups is 2. The highest BCUT2D eigenvalue weighted by molar-refractivity contribution is 7.12. The van der Waals surface area contributed by atoms with Gasteiger partial charge in [0.1, 0.15) is 0 Å². The molecular formula is C17H16N2O4S. The third kappa shape index (κ3) is 3.46. The Morgan fingerprint density at radius 3 is 2.83 bits per heavy atom. The van der Waals surface area contributed by atoms with Crippen molar-refractivity contribution < 1.29 is 14.0 Å². The Labute approximate surface area is 141 Å². The van der Waals surface area contributed by atoms with Gasteiger partial charge in [-0.1, -0.05) is 6.07 Å². The first-order chi connectivity index (χ1) is 11.5. The summed E-state index contributed by atoms with van der Waals surface area (Å²) in [5.41, 5.74) is 1.65. The molecule has 0 fully saturated rings. The Balaban J connectivity index is 1.55. The van der Waals surface area contributed by atoms with Gasteiger partial charge in [-0.05, 0) is 30.0 Å². The number of thiophene rings is 1. The highest BCUT2D eigenvalue weighted by Gasteiger charge is 2.10. The van der Waals surface area contributed by atoms with Gasteiger partial charge < -0.3 is 9.73 Å². The van der Waals surface area contributed by atoms with E-state index in [4.69, 9.17) is 4.42 Å². The molecular weight excluding hydrogens is 328 g/mol. The smallest absolute Gasteiger partial charge is 0.408 e. The molecule has 0 radical (unpaired) electrons. The summed E-state index contributed by atoms with van der Waals surface area (Å²) in [4.78, 5) is 36.0. The molecule has 3 rings (SSSR count). The second-order valence-electron chi connectivity index (χ2n) is 5.41. The number of hydrogen-bond donors (Lipinski definition) is 1. The van der Waals surface area contributed by atoms with Gasteiger partial charge in [-0.15, -0.1) is 11.3 Å². The maximum atomic E-state index is 12.0. The molecule has 0 aliphatic heterocycles. The first-order valence-electron chi connectivity index (χ1n) is 7.51. The van der Waals surface area contributed by atoms with Crippen LogP contribution in [0.3, 0.4) is 0 Å². The summed E-state index contributed by atoms with van der Waals surface area (Å²) in [5, 5.41) is 4.61. The number of nitrogens with one attached hydrogen (secondary N) is 1. The maximum absolute atomic E-state index is 12.0. The van der Waals surface area contributed by atoms with Crippen LogP contribution >= 0.6 is 11.3 Å². The largest absolute Gasteiger partial charge is 0.419 e. The maximum Gasteiger partial charge on any atom is 0.419 e. The summed E-state index contributed by atoms with van der Waals surface area (Å²) >= 11 is 1.41. The lowest BCUT2D eigenvalue weighted by atomic mass is 10.1. The second-order valence-corrected chi connectivity index (χ2v) is 6.36. The van der Waals surface area contributed by atoms with Crippen LogP contribution < -0.4 is 11.1 Å². The van der Waals surface area contributed by atoms with Crippen LogP contribution in [0.4, 0.5) is 5.69 Å². The van der Waals surface area contributed by atoms with E-state index in [9.17, 15) is 14.4 Å². The van der Waals surface area contributed by atoms with E-state index in [1.165, 1.54) is 15.9 Å². The fourth-order valence-corrected chi connectivity index (χ4v) is 3.10. The van der Waals surface area contributed by atoms with Crippen molar-refractivity contribution in [3.8, 4) is 0 Å². The molecule has 7 heteroatoms. The Morgan fingerprint density at radius 1 is 1.25 bits per heavy atom. The van der Waals surface area contributed by atoms with Crippen molar-refractivity contribution in [1.29, 1.82) is 0 Å². The van der Waals surface area contributed by atoms with Gasteiger partial charge in [0.25, 0.3) is 0 Å². The summed E-state index contributed by atoms with van der Waals surface area (Å²) in [6.45, 7) is 0. The molecule has 124 valence electrons. The molecule has 0 spiro atoms. The zero-order valence-corrected chi connectivity index (χ0v) is 13.9. The van der Waals surface area contributed by atoms with Crippen LogP contribution in [0.25, 0.3) is 11.1 Å². The fraction of sp³-hybridized carbons (Fsp3) is 0.235. The molecule has 0 saturated carbocycles. The van der Waals surface area contributed by atoms with Gasteiger partial charge in [0.15, 0.2) is 11.4 Å². The van der Waals surface area contributed by atoms with Gasteiger partial charge in [0.2, 0.25) is 5.91 Å². The summed E-state index contributed by atoms with van der Waals surface area (Å²) in [7, 11) is 1.62. The number of carbonyl (C=O) groups excluding carboxylic acids is 2. The number of oxazole rings is 1. The number of rotatable bonds is 6. The van der Waals surface area contributed by atoms with E-state index in [0.717, 1.165) is 4.88 Å². The number of amides is 1. The molecule has 1 aromatic carbocycles. The predicted octanol–water partition coefficient (Wildman–Crippen LogP) is 3.18. The van der Waals surface area contributed by atoms with E-state index in [0.29, 0.717) is 29.6 Å². The Hall–Kier alpha value is -2.67. The normalized spacial score (nSPS) is 10.9. The third-order valence-electron chi connectivity index (χ3n) is 3.68. The molecule has 0 aliphatic rings. The first kappa shape index (κ1) is 16.2. The SMILES string of the molecule is Cn1c(=O)oc2cc(NC(=O)CCCC(=O)c3cccs3)ccc21. The van der Waals surface area contributed by atoms with Crippen molar-refractivity contribution >= 4 is 39.8 Å². The van der Waals surface area contributed by atoms with E-state index in [1.54, 1.807) is 31.3 Å². The number of benzene rings is 1. The van der Waals surface area contributed by atoms with Gasteiger partial charge in [0.05, 0.1) is 10.4 Å². The van der Waals surface area contributed by atoms with Gasteiger partial charge in [0, 0.05) is 31.6 Å². The molecule has 1 amide bonds. The number of hydrogen-bond acceptors (Lipinski definition) is 5. The highest BCUT2D eigenvalue weighted by Crippen LogP contribution is 2.18. The summed E-state index contributed by atoms with van der Waals surface area (Å²) in [5.74, 6) is -0.558. The standard InChI is InChI=1S/C17H16N2O4S/c1-19-12-8-7-11(10-14(12)23-17(19)22)18-16(21)6-2-4-13(20)15-5-3-9-24-15/h3,5,7-10H,2,4,6H2,1H3,(H,18,21). The van der Waals surface area contributed by atoms with Crippen LogP contribution in [-0.2, 0) is 11.8 Å². The molecule has 0 saturated heterocycles. The number of fused-ring (bicyclic) bond motifs is 1. The zero-order chi connectivity index (χ0) is 17.1. The van der Waals surface area contributed by atoms with Crippen molar-refractivity contribution in [2.45, 2.75) is 19.3 Å². The molecule has 0 bridgehead atoms. The van der Waals surface area contributed by atoms with E-state index in [1.807, 2.05) is 11.4 Å². The van der Waals surface area contributed by atoms with Gasteiger partial charge >= 0.3 is 5.76 Å². The second kappa shape index (κ2) is 6.84. The zero-order valence-electron chi connectivity index (χ0n) is 13.1. The fourth-order valence-electron chi connectivity index (χ4n) is 2.41. The van der Waals surface area contributed by atoms with Gasteiger partial charge in [-0.2, -0.15) is 0 Å². The average molecular weight is 344 g/mol. The van der Waals surface area contributed by atoms with E-state index < -0.39 is 5.76 Å². The predicted molar refractivity (Wildman–Crippen MR) is 92.6 cm³/mol. The molecule has 0 unspecified atom stereocenters. The third-order valence-corrected chi connectivity index (χ3v) is 4.59. The summed E-state index contributed by atoms with van der Waals surface area (Å²) < 4.78 is 6.49. The van der Waals surface area contributed by atoms with Crippen molar-refractivity contribution in [1.82, 2.24) is 4.57 Å². The van der Waals surface area contributed by atoms with Crippen molar-refractivity contribution in [3.63, 3.8) is 0 Å². The molecule has 2 heterocycles. The lowest BCUT2D eigenvalue weighted by Crippen LogP contribution is -2.11. The number of nitrogens with zero attached hydrogens (tertiary/aromatic N) is 1. The van der Waals surface area contributed by atoms with Crippen LogP contribution in [0.5, 0.6) is 0 Å². The molecule has 0 aliphatic carbocycles. The van der Waals surface area contributed by atoms with E-state index in [-0.39, 0.29) is 18.1 Å². The first-order valence-corrected chi connectivity index (χ1v) is 8.39. The van der Waals surface area contributed by atoms with E-state index in [2.05, 4.69) is 5.32 Å². The lowest BCUT2D eigenvalue weighted by Gasteiger charge is -2.05. The topological polar surface area (TPSA) is 81.3 Å². The minimum absolute atomic E-state index is 0.0604. The molecule has 3 aromatic rings. The lowest BCUT2D eigenvalue weighted by molar-refractivity contribution is -0.116. The van der Waals surface area contributed by atoms with Crippen LogP contribution in [0.1, 0.15) is 28.9 Å². The summed E-state index contributed by atoms with van der Waals surface area (Å²) in [6, 6.07) is 8.67. The number of aryl methyl sites for hydroxylation is 1. The molecule has 6 nitrogen and oxygen atoms in total. The van der Waals surface area contributed by atoms with Crippen LogP contribution in [-0.4, -0.2) is 16.3 Å². The number of anilines is 1. The quantitative estimate of drug-likeness (QED) is 0.696. The van der Waals surface area contributed by atoms with Crippen LogP contribution in [0.2, 0.25) is 0 Å². The van der Waals surface area contributed by atoms with Gasteiger partial charge in [-0.25, -0.2) is 4.79 Å². The Morgan fingerprint density at radius 2 is 2.08 bits per heavy atom. The molecule has 24 heavy (non-hydrogen) atoms. The Bertz CT molecular complexity index is 937. The monoisotopic (exact) mass is 344 g/mol. The summed E-state index contributed by atoms with van der Waals surface area (Å²) in [6.07, 6.45) is 1.10. The number of Topliss-reactive ketones (excluding diaryl/α,β-unsaturated/α-hetero) is 1. The number of aromatic nitrogens is 1. The van der Waals surface area contributed by atoms with Crippen molar-refractivity contribution in [2.24, 2.45) is 7.05 Å². The van der Waals surface area contributed by atoms with E-state index >= 15 is 0 Å². The minimum Gasteiger partial charge on any atom is -0.408 e. The molecule has 0 atom stereocenters. The van der Waals surface area contributed by atoms with Crippen LogP contribution in [0, 0.1) is 0 Å². The minimum atomic E-state index is -0.444. The molecule has 1 N–H and O–H groups in total. The van der Waals surface area contributed by atoms with Crippen LogP contribution in [0.15, 0.2) is 44.9 Å². The van der Waals surface area contributed by atoms with Gasteiger partial charge in [-0.3, -0.25) is 14.2 Å². The van der Waals surface area contributed by atoms with Crippen molar-refractivity contribution in [3.05, 3.63) is 51.1 Å².